The zero-order valence-corrected chi connectivity index (χ0v) is 17.1. The van der Waals surface area contributed by atoms with Crippen LogP contribution in [0, 0.1) is 10.1 Å². The molecule has 0 aliphatic carbocycles. The van der Waals surface area contributed by atoms with Gasteiger partial charge in [0.25, 0.3) is 0 Å². The van der Waals surface area contributed by atoms with E-state index in [2.05, 4.69) is 0 Å². The minimum Gasteiger partial charge on any atom is -0.485 e. The van der Waals surface area contributed by atoms with Crippen LogP contribution in [0.1, 0.15) is 5.56 Å². The summed E-state index contributed by atoms with van der Waals surface area (Å²) in [5, 5.41) is 11.0. The fourth-order valence-electron chi connectivity index (χ4n) is 3.17. The number of hydrogen-bond acceptors (Lipinski definition) is 6. The van der Waals surface area contributed by atoms with Crippen LogP contribution < -0.4 is 4.74 Å². The summed E-state index contributed by atoms with van der Waals surface area (Å²) < 4.78 is 70.1. The number of nitro benzene ring substituents is 1. The second-order valence-corrected chi connectivity index (χ2v) is 8.78. The van der Waals surface area contributed by atoms with Crippen LogP contribution in [0.2, 0.25) is 0 Å². The number of nitrogens with zero attached hydrogens (tertiary/aromatic N) is 3. The van der Waals surface area contributed by atoms with Gasteiger partial charge >= 0.3 is 11.9 Å². The first-order valence-electron chi connectivity index (χ1n) is 9.35. The molecule has 2 aromatic rings. The predicted octanol–water partition coefficient (Wildman–Crippen LogP) is 3.00. The van der Waals surface area contributed by atoms with Crippen molar-refractivity contribution in [2.24, 2.45) is 0 Å². The van der Waals surface area contributed by atoms with Crippen LogP contribution in [-0.4, -0.2) is 61.9 Å². The Morgan fingerprint density at radius 3 is 2.19 bits per heavy atom. The molecule has 0 N–H and O–H groups in total. The monoisotopic (exact) mass is 459 g/mol. The highest BCUT2D eigenvalue weighted by molar-refractivity contribution is 7.89. The van der Waals surface area contributed by atoms with Gasteiger partial charge in [0, 0.05) is 38.8 Å². The summed E-state index contributed by atoms with van der Waals surface area (Å²) in [4.78, 5) is 12.2. The Balaban J connectivity index is 1.53. The SMILES string of the molecule is O=[N+]([O-])c1ccccc1OCCN1CCN(S(=O)(=O)c2ccc(C(F)(F)F)cc2)CC1. The molecule has 0 amide bonds. The van der Waals surface area contributed by atoms with Crippen molar-refractivity contribution in [3.63, 3.8) is 0 Å². The summed E-state index contributed by atoms with van der Waals surface area (Å²) in [6.07, 6.45) is -4.53. The molecule has 2 aromatic carbocycles. The minimum absolute atomic E-state index is 0.130. The predicted molar refractivity (Wildman–Crippen MR) is 105 cm³/mol. The molecule has 1 aliphatic rings. The van der Waals surface area contributed by atoms with Crippen molar-refractivity contribution in [2.75, 3.05) is 39.3 Å². The lowest BCUT2D eigenvalue weighted by Gasteiger charge is -2.33. The third kappa shape index (κ3) is 5.51. The maximum atomic E-state index is 12.7. The fraction of sp³-hybridized carbons (Fsp3) is 0.368. The molecule has 0 saturated carbocycles. The van der Waals surface area contributed by atoms with Crippen LogP contribution >= 0.6 is 0 Å². The van der Waals surface area contributed by atoms with E-state index in [4.69, 9.17) is 4.74 Å². The number of halogens is 3. The molecule has 12 heteroatoms. The molecule has 0 radical (unpaired) electrons. The zero-order valence-electron chi connectivity index (χ0n) is 16.3. The van der Waals surface area contributed by atoms with Crippen LogP contribution in [-0.2, 0) is 16.2 Å². The molecule has 1 aliphatic heterocycles. The fourth-order valence-corrected chi connectivity index (χ4v) is 4.60. The number of piperazine rings is 1. The van der Waals surface area contributed by atoms with Crippen LogP contribution in [0.3, 0.4) is 0 Å². The molecule has 1 saturated heterocycles. The van der Waals surface area contributed by atoms with E-state index in [1.54, 1.807) is 12.1 Å². The number of ether oxygens (including phenoxy) is 1. The van der Waals surface area contributed by atoms with E-state index in [0.717, 1.165) is 24.3 Å². The number of sulfonamides is 1. The summed E-state index contributed by atoms with van der Waals surface area (Å²) in [7, 11) is -3.89. The van der Waals surface area contributed by atoms with Crippen molar-refractivity contribution in [1.29, 1.82) is 0 Å². The molecule has 31 heavy (non-hydrogen) atoms. The number of alkyl halides is 3. The van der Waals surface area contributed by atoms with Crippen molar-refractivity contribution in [3.05, 3.63) is 64.2 Å². The van der Waals surface area contributed by atoms with Crippen molar-refractivity contribution < 1.29 is 31.2 Å². The zero-order chi connectivity index (χ0) is 22.6. The third-order valence-corrected chi connectivity index (χ3v) is 6.79. The van der Waals surface area contributed by atoms with Gasteiger partial charge in [-0.05, 0) is 30.3 Å². The van der Waals surface area contributed by atoms with Crippen molar-refractivity contribution in [3.8, 4) is 5.75 Å². The van der Waals surface area contributed by atoms with E-state index in [1.165, 1.54) is 16.4 Å². The van der Waals surface area contributed by atoms with Gasteiger partial charge in [0.1, 0.15) is 6.61 Å². The second kappa shape index (κ2) is 9.20. The van der Waals surface area contributed by atoms with Gasteiger partial charge in [-0.3, -0.25) is 15.0 Å². The molecule has 1 fully saturated rings. The van der Waals surface area contributed by atoms with Crippen LogP contribution in [0.5, 0.6) is 5.75 Å². The molecule has 8 nitrogen and oxygen atoms in total. The average Bonchev–Trinajstić information content (AvgIpc) is 2.74. The van der Waals surface area contributed by atoms with Crippen molar-refractivity contribution >= 4 is 15.7 Å². The highest BCUT2D eigenvalue weighted by atomic mass is 32.2. The van der Waals surface area contributed by atoms with Gasteiger partial charge in [0.05, 0.1) is 15.4 Å². The summed E-state index contributed by atoms with van der Waals surface area (Å²) in [6, 6.07) is 9.46. The lowest BCUT2D eigenvalue weighted by atomic mass is 10.2. The van der Waals surface area contributed by atoms with Crippen molar-refractivity contribution in [1.82, 2.24) is 9.21 Å². The smallest absolute Gasteiger partial charge is 0.416 e. The summed E-state index contributed by atoms with van der Waals surface area (Å²) in [5.41, 5.74) is -1.04. The highest BCUT2D eigenvalue weighted by Gasteiger charge is 2.32. The molecule has 1 heterocycles. The van der Waals surface area contributed by atoms with Crippen LogP contribution in [0.15, 0.2) is 53.4 Å². The Morgan fingerprint density at radius 1 is 1.00 bits per heavy atom. The molecule has 0 spiro atoms. The molecule has 0 bridgehead atoms. The summed E-state index contributed by atoms with van der Waals surface area (Å²) in [6.45, 7) is 1.79. The Hall–Kier alpha value is -2.70. The highest BCUT2D eigenvalue weighted by Crippen LogP contribution is 2.30. The van der Waals surface area contributed by atoms with Crippen molar-refractivity contribution in [2.45, 2.75) is 11.1 Å². The number of benzene rings is 2. The molecule has 0 unspecified atom stereocenters. The topological polar surface area (TPSA) is 93.0 Å². The first-order chi connectivity index (χ1) is 14.6. The number of nitro groups is 1. The molecule has 168 valence electrons. The maximum Gasteiger partial charge on any atom is 0.416 e. The maximum absolute atomic E-state index is 12.7. The van der Waals surface area contributed by atoms with E-state index >= 15 is 0 Å². The lowest BCUT2D eigenvalue weighted by Crippen LogP contribution is -2.49. The first kappa shape index (κ1) is 23.0. The van der Waals surface area contributed by atoms with E-state index in [9.17, 15) is 31.7 Å². The van der Waals surface area contributed by atoms with Crippen LogP contribution in [0.4, 0.5) is 18.9 Å². The van der Waals surface area contributed by atoms with E-state index in [1.807, 2.05) is 4.90 Å². The van der Waals surface area contributed by atoms with Gasteiger partial charge < -0.3 is 4.74 Å². The number of para-hydroxylation sites is 2. The Bertz CT molecular complexity index is 1020. The van der Waals surface area contributed by atoms with Gasteiger partial charge in [-0.25, -0.2) is 8.42 Å². The molecule has 3 rings (SSSR count). The van der Waals surface area contributed by atoms with Gasteiger partial charge in [-0.2, -0.15) is 17.5 Å². The Labute approximate surface area is 177 Å². The Morgan fingerprint density at radius 2 is 1.61 bits per heavy atom. The lowest BCUT2D eigenvalue weighted by molar-refractivity contribution is -0.385. The first-order valence-corrected chi connectivity index (χ1v) is 10.8. The van der Waals surface area contributed by atoms with E-state index in [-0.39, 0.29) is 36.0 Å². The second-order valence-electron chi connectivity index (χ2n) is 6.84. The molecular weight excluding hydrogens is 439 g/mol. The quantitative estimate of drug-likeness (QED) is 0.467. The van der Waals surface area contributed by atoms with Gasteiger partial charge in [-0.1, -0.05) is 12.1 Å². The van der Waals surface area contributed by atoms with E-state index < -0.39 is 26.7 Å². The average molecular weight is 459 g/mol. The summed E-state index contributed by atoms with van der Waals surface area (Å²) >= 11 is 0. The standard InChI is InChI=1S/C19H20F3N3O5S/c20-19(21,22)15-5-7-16(8-6-15)31(28,29)24-11-9-23(10-12-24)13-14-30-18-4-2-1-3-17(18)25(26)27/h1-8H,9-14H2. The summed E-state index contributed by atoms with van der Waals surface area (Å²) in [5.74, 6) is 0.163. The van der Waals surface area contributed by atoms with Gasteiger partial charge in [0.15, 0.2) is 5.75 Å². The molecular formula is C19H20F3N3O5S. The largest absolute Gasteiger partial charge is 0.485 e. The normalized spacial score (nSPS) is 16.2. The number of rotatable bonds is 7. The van der Waals surface area contributed by atoms with Crippen LogP contribution in [0.25, 0.3) is 0 Å². The third-order valence-electron chi connectivity index (χ3n) is 4.88. The van der Waals surface area contributed by atoms with Gasteiger partial charge in [0.2, 0.25) is 10.0 Å². The Kier molecular flexibility index (Phi) is 6.82. The minimum atomic E-state index is -4.53. The van der Waals surface area contributed by atoms with Gasteiger partial charge in [-0.15, -0.1) is 0 Å². The van der Waals surface area contributed by atoms with E-state index in [0.29, 0.717) is 19.6 Å². The molecule has 0 atom stereocenters. The molecule has 0 aromatic heterocycles. The number of hydrogen-bond donors (Lipinski definition) is 0.